The Balaban J connectivity index is 0.00000165. The number of benzene rings is 5. The number of para-hydroxylation sites is 2. The summed E-state index contributed by atoms with van der Waals surface area (Å²) in [6, 6.07) is 17.6. The minimum Gasteiger partial charge on any atom is -0.505 e. The van der Waals surface area contributed by atoms with E-state index in [4.69, 9.17) is 19.3 Å². The SMILES string of the molecule is COc1ccc2nc(N=Nc3cc(OCCCS(=O)(=O)O)c(N=Nc4c(SOOO)cc5c(S(=O)(=O)O)c(N=Nc6c(C)c(C#N)c7nc8ccccc8n7c6O)ccc5c4O)cc3C)sc2c1S(=O)(=O)O.CS(=O)(=O)O. The predicted octanol–water partition coefficient (Wildman–Crippen LogP) is 9.49. The van der Waals surface area contributed by atoms with Gasteiger partial charge in [0.15, 0.2) is 22.0 Å². The summed E-state index contributed by atoms with van der Waals surface area (Å²) in [6.45, 7) is 2.73. The van der Waals surface area contributed by atoms with Crippen LogP contribution in [0.2, 0.25) is 0 Å². The van der Waals surface area contributed by atoms with Crippen molar-refractivity contribution in [3.63, 3.8) is 0 Å². The summed E-state index contributed by atoms with van der Waals surface area (Å²) in [4.78, 5) is 7.02. The van der Waals surface area contributed by atoms with Crippen LogP contribution < -0.4 is 9.47 Å². The summed E-state index contributed by atoms with van der Waals surface area (Å²) in [5, 5.41) is 70.2. The zero-order valence-electron chi connectivity index (χ0n) is 39.4. The number of hydrogen-bond acceptors (Lipinski definition) is 26. The third-order valence-corrected chi connectivity index (χ3v) is 14.8. The van der Waals surface area contributed by atoms with Crippen molar-refractivity contribution in [3.05, 3.63) is 83.4 Å². The number of fused-ring (bicyclic) bond motifs is 5. The maximum Gasteiger partial charge on any atom is 0.299 e. The number of rotatable bonds is 17. The van der Waals surface area contributed by atoms with Gasteiger partial charge in [0.1, 0.15) is 45.1 Å². The second-order valence-corrected chi connectivity index (χ2v) is 23.1. The zero-order valence-corrected chi connectivity index (χ0v) is 44.3. The lowest BCUT2D eigenvalue weighted by atomic mass is 10.1. The Morgan fingerprint density at radius 1 is 0.753 bits per heavy atom. The van der Waals surface area contributed by atoms with E-state index >= 15 is 0 Å². The molecule has 5 aromatic carbocycles. The van der Waals surface area contributed by atoms with E-state index < -0.39 is 79.0 Å². The van der Waals surface area contributed by atoms with Gasteiger partial charge in [-0.1, -0.05) is 28.5 Å². The maximum absolute atomic E-state index is 13.1. The van der Waals surface area contributed by atoms with Crippen LogP contribution in [0, 0.1) is 25.2 Å². The molecule has 29 nitrogen and oxygen atoms in total. The van der Waals surface area contributed by atoms with Crippen LogP contribution in [0.15, 0.2) is 112 Å². The largest absolute Gasteiger partial charge is 0.505 e. The molecular weight excluding hydrogens is 1140 g/mol. The van der Waals surface area contributed by atoms with Crippen molar-refractivity contribution in [2.75, 3.05) is 25.7 Å². The smallest absolute Gasteiger partial charge is 0.299 e. The van der Waals surface area contributed by atoms with E-state index in [0.717, 1.165) is 23.5 Å². The van der Waals surface area contributed by atoms with E-state index in [1.54, 1.807) is 31.2 Å². The standard InChI is InChI=1S/C41H32N10O16S5.CH4O3S/c1-19-15-28(31(65-13-6-14-70(55,56)57)17-27(19)46-50-41-44-25-11-12-30(64-3)38(36(25)68-41)72(61,62)63)47-49-34-32(69-67-66-54)16-22-21(35(34)52)9-10-26(37(22)71(58,59)60)45-48-33-20(2)23(18-42)39-43-24-7-4-5-8-29(24)51(39)40(33)53;1-5(2,3)4/h4-5,7-12,15-17,52-54H,6,13-14H2,1-3H3,(H,55,56,57)(H,58,59,60)(H,61,62,63);1H3,(H,2,3,4). The Morgan fingerprint density at radius 2 is 1.42 bits per heavy atom. The summed E-state index contributed by atoms with van der Waals surface area (Å²) in [5.74, 6) is -2.17. The van der Waals surface area contributed by atoms with Crippen molar-refractivity contribution in [3.8, 4) is 29.2 Å². The molecule has 0 saturated carbocycles. The second kappa shape index (κ2) is 22.6. The predicted molar refractivity (Wildman–Crippen MR) is 274 cm³/mol. The molecule has 0 radical (unpaired) electrons. The average molecular weight is 1180 g/mol. The van der Waals surface area contributed by atoms with E-state index in [0.29, 0.717) is 22.9 Å². The molecule has 0 fully saturated rings. The molecule has 0 saturated heterocycles. The van der Waals surface area contributed by atoms with E-state index in [1.807, 2.05) is 6.07 Å². The molecule has 0 atom stereocenters. The quantitative estimate of drug-likeness (QED) is 0.0111. The minimum absolute atomic E-state index is 0.0296. The molecule has 35 heteroatoms. The molecule has 0 unspecified atom stereocenters. The van der Waals surface area contributed by atoms with E-state index in [9.17, 15) is 62.8 Å². The van der Waals surface area contributed by atoms with Crippen molar-refractivity contribution in [2.45, 2.75) is 35.0 Å². The van der Waals surface area contributed by atoms with Crippen LogP contribution in [0.25, 0.3) is 37.7 Å². The second-order valence-electron chi connectivity index (χ2n) is 15.7. The molecular formula is C42H36N10O19S6. The number of nitrogens with zero attached hydrogens (tertiary/aromatic N) is 10. The third kappa shape index (κ3) is 13.1. The topological polar surface area (TPSA) is 443 Å². The molecule has 7 N–H and O–H groups in total. The Kier molecular flexibility index (Phi) is 16.8. The number of azo groups is 3. The van der Waals surface area contributed by atoms with Gasteiger partial charge in [-0.25, -0.2) is 15.2 Å². The van der Waals surface area contributed by atoms with Gasteiger partial charge >= 0.3 is 0 Å². The summed E-state index contributed by atoms with van der Waals surface area (Å²) < 4.78 is 146. The molecule has 0 aliphatic rings. The fraction of sp³-hybridized carbons (Fsp3) is 0.167. The molecule has 0 aliphatic heterocycles. The lowest BCUT2D eigenvalue weighted by molar-refractivity contribution is -0.432. The van der Waals surface area contributed by atoms with Gasteiger partial charge in [0.25, 0.3) is 40.5 Å². The van der Waals surface area contributed by atoms with Crippen molar-refractivity contribution >= 4 is 135 Å². The Morgan fingerprint density at radius 3 is 2.06 bits per heavy atom. The van der Waals surface area contributed by atoms with Crippen LogP contribution in [-0.4, -0.2) is 107 Å². The number of phenolic OH excluding ortho intramolecular Hbond substituents is 1. The zero-order chi connectivity index (χ0) is 56.4. The van der Waals surface area contributed by atoms with Crippen LogP contribution in [0.3, 0.4) is 0 Å². The number of aromatic hydroxyl groups is 2. The first kappa shape index (κ1) is 57.3. The number of imidazole rings is 1. The van der Waals surface area contributed by atoms with Gasteiger partial charge in [0.2, 0.25) is 11.0 Å². The highest BCUT2D eigenvalue weighted by Gasteiger charge is 2.27. The molecule has 0 spiro atoms. The monoisotopic (exact) mass is 1180 g/mol. The summed E-state index contributed by atoms with van der Waals surface area (Å²) >= 11 is 0.988. The highest BCUT2D eigenvalue weighted by atomic mass is 32.2. The molecule has 8 rings (SSSR count). The van der Waals surface area contributed by atoms with Gasteiger partial charge in [0, 0.05) is 22.4 Å². The molecule has 3 heterocycles. The number of methoxy groups -OCH3 is 1. The van der Waals surface area contributed by atoms with Crippen LogP contribution in [0.1, 0.15) is 23.1 Å². The first-order chi connectivity index (χ1) is 36.1. The van der Waals surface area contributed by atoms with Crippen molar-refractivity contribution in [1.29, 1.82) is 5.26 Å². The highest BCUT2D eigenvalue weighted by molar-refractivity contribution is 7.94. The van der Waals surface area contributed by atoms with Crippen LogP contribution in [0.4, 0.5) is 33.6 Å². The number of ether oxygens (including phenoxy) is 2. The molecule has 404 valence electrons. The first-order valence-corrected chi connectivity index (χ1v) is 28.9. The van der Waals surface area contributed by atoms with Crippen molar-refractivity contribution < 1.29 is 86.2 Å². The van der Waals surface area contributed by atoms with Crippen LogP contribution in [0.5, 0.6) is 23.1 Å². The maximum atomic E-state index is 13.1. The first-order valence-electron chi connectivity index (χ1n) is 21.0. The van der Waals surface area contributed by atoms with Crippen molar-refractivity contribution in [1.82, 2.24) is 14.4 Å². The van der Waals surface area contributed by atoms with E-state index in [2.05, 4.69) is 50.0 Å². The third-order valence-electron chi connectivity index (χ3n) is 10.4. The molecule has 0 bridgehead atoms. The highest BCUT2D eigenvalue weighted by Crippen LogP contribution is 2.49. The molecule has 3 aromatic heterocycles. The van der Waals surface area contributed by atoms with Gasteiger partial charge in [-0.3, -0.25) is 22.6 Å². The summed E-state index contributed by atoms with van der Waals surface area (Å²) in [6.07, 6.45) is 0.513. The van der Waals surface area contributed by atoms with Gasteiger partial charge in [0.05, 0.1) is 69.6 Å². The van der Waals surface area contributed by atoms with Crippen LogP contribution >= 0.6 is 23.4 Å². The average Bonchev–Trinajstić information content (AvgIpc) is 4.00. The Hall–Kier alpha value is -7.44. The number of pyridine rings is 1. The Labute approximate surface area is 442 Å². The minimum atomic E-state index is -5.26. The summed E-state index contributed by atoms with van der Waals surface area (Å²) in [7, 11) is -16.8. The Bertz CT molecular complexity index is 4290. The van der Waals surface area contributed by atoms with Gasteiger partial charge in [-0.05, 0) is 74.4 Å². The number of thiazole rings is 1. The molecule has 77 heavy (non-hydrogen) atoms. The number of aromatic nitrogens is 3. The van der Waals surface area contributed by atoms with Gasteiger partial charge in [-0.15, -0.1) is 35.0 Å². The number of aryl methyl sites for hydroxylation is 1. The lowest BCUT2D eigenvalue weighted by Crippen LogP contribution is -2.08. The normalized spacial score (nSPS) is 12.6. The lowest BCUT2D eigenvalue weighted by Gasteiger charge is -2.13. The summed E-state index contributed by atoms with van der Waals surface area (Å²) in [5.41, 5.74) is 0.548. The fourth-order valence-corrected chi connectivity index (χ4v) is 11.0. The fourth-order valence-electron chi connectivity index (χ4n) is 7.24. The van der Waals surface area contributed by atoms with Crippen molar-refractivity contribution in [2.24, 2.45) is 30.7 Å². The van der Waals surface area contributed by atoms with Crippen LogP contribution in [-0.2, 0) is 49.8 Å². The number of hydrogen-bond donors (Lipinski definition) is 7. The van der Waals surface area contributed by atoms with Gasteiger partial charge in [-0.2, -0.15) is 38.9 Å². The van der Waals surface area contributed by atoms with Gasteiger partial charge < -0.3 is 19.7 Å². The molecule has 0 aliphatic carbocycles. The van der Waals surface area contributed by atoms with E-state index in [1.165, 1.54) is 48.8 Å². The molecule has 0 amide bonds. The number of phenols is 1. The van der Waals surface area contributed by atoms with E-state index in [-0.39, 0.29) is 101 Å². The molecule has 8 aromatic rings. The number of nitriles is 1.